The third kappa shape index (κ3) is 7.22. The van der Waals surface area contributed by atoms with E-state index in [0.29, 0.717) is 0 Å². The topological polar surface area (TPSA) is 0 Å². The van der Waals surface area contributed by atoms with Crippen LogP contribution in [-0.4, -0.2) is 5.76 Å². The van der Waals surface area contributed by atoms with Gasteiger partial charge in [-0.15, -0.1) is 0 Å². The fourth-order valence-electron chi connectivity index (χ4n) is 2.18. The zero-order chi connectivity index (χ0) is 14.8. The zero-order valence-corrected chi connectivity index (χ0v) is 12.8. The minimum atomic E-state index is -2.57. The Bertz CT molecular complexity index is 380. The van der Waals surface area contributed by atoms with Crippen LogP contribution in [0.5, 0.6) is 0 Å². The second kappa shape index (κ2) is 10.1. The van der Waals surface area contributed by atoms with E-state index < -0.39 is 11.6 Å². The number of aryl methyl sites for hydroxylation is 1. The van der Waals surface area contributed by atoms with Crippen molar-refractivity contribution in [2.24, 2.45) is 0 Å². The SMILES string of the molecule is CCCCCCCCCc1ccc(SC(F)F)c(F)c1. The van der Waals surface area contributed by atoms with Crippen molar-refractivity contribution in [3.63, 3.8) is 0 Å². The molecule has 0 saturated carbocycles. The standard InChI is InChI=1S/C16H23F3S/c1-2-3-4-5-6-7-8-9-13-10-11-15(14(17)12-13)20-16(18)19/h10-12,16H,2-9H2,1H3. The van der Waals surface area contributed by atoms with E-state index in [-0.39, 0.29) is 16.7 Å². The van der Waals surface area contributed by atoms with Gasteiger partial charge in [-0.1, -0.05) is 63.3 Å². The Kier molecular flexibility index (Phi) is 8.83. The van der Waals surface area contributed by atoms with Crippen LogP contribution < -0.4 is 0 Å². The van der Waals surface area contributed by atoms with Crippen LogP contribution in [0.1, 0.15) is 57.4 Å². The molecule has 0 radical (unpaired) electrons. The summed E-state index contributed by atoms with van der Waals surface area (Å²) in [6.45, 7) is 2.20. The highest BCUT2D eigenvalue weighted by Crippen LogP contribution is 2.28. The van der Waals surface area contributed by atoms with Crippen molar-refractivity contribution >= 4 is 11.8 Å². The number of alkyl halides is 2. The van der Waals surface area contributed by atoms with Crippen LogP contribution in [0.3, 0.4) is 0 Å². The Morgan fingerprint density at radius 1 is 1.00 bits per heavy atom. The zero-order valence-electron chi connectivity index (χ0n) is 12.0. The summed E-state index contributed by atoms with van der Waals surface area (Å²) in [5.41, 5.74) is 0.898. The second-order valence-electron chi connectivity index (χ2n) is 5.01. The maximum atomic E-state index is 13.6. The molecular weight excluding hydrogens is 281 g/mol. The number of unbranched alkanes of at least 4 members (excludes halogenated alkanes) is 6. The molecule has 0 unspecified atom stereocenters. The van der Waals surface area contributed by atoms with Crippen molar-refractivity contribution in [2.75, 3.05) is 0 Å². The molecule has 1 aromatic carbocycles. The molecule has 0 heterocycles. The first-order valence-electron chi connectivity index (χ1n) is 7.36. The average molecular weight is 304 g/mol. The highest BCUT2D eigenvalue weighted by Gasteiger charge is 2.10. The van der Waals surface area contributed by atoms with Crippen molar-refractivity contribution in [1.82, 2.24) is 0 Å². The summed E-state index contributed by atoms with van der Waals surface area (Å²) >= 11 is 0.265. The molecule has 1 aromatic rings. The fraction of sp³-hybridized carbons (Fsp3) is 0.625. The number of hydrogen-bond donors (Lipinski definition) is 0. The van der Waals surface area contributed by atoms with E-state index in [4.69, 9.17) is 0 Å². The van der Waals surface area contributed by atoms with Crippen LogP contribution in [0, 0.1) is 5.82 Å². The van der Waals surface area contributed by atoms with Crippen LogP contribution in [0.2, 0.25) is 0 Å². The van der Waals surface area contributed by atoms with Crippen LogP contribution >= 0.6 is 11.8 Å². The van der Waals surface area contributed by atoms with Crippen molar-refractivity contribution in [3.8, 4) is 0 Å². The lowest BCUT2D eigenvalue weighted by molar-refractivity contribution is 0.251. The first-order chi connectivity index (χ1) is 9.63. The molecule has 0 spiro atoms. The summed E-state index contributed by atoms with van der Waals surface area (Å²) in [7, 11) is 0. The molecule has 0 aliphatic rings. The van der Waals surface area contributed by atoms with Crippen LogP contribution in [0.4, 0.5) is 13.2 Å². The van der Waals surface area contributed by atoms with Crippen molar-refractivity contribution in [3.05, 3.63) is 29.6 Å². The van der Waals surface area contributed by atoms with Crippen LogP contribution in [0.25, 0.3) is 0 Å². The van der Waals surface area contributed by atoms with Crippen molar-refractivity contribution < 1.29 is 13.2 Å². The summed E-state index contributed by atoms with van der Waals surface area (Å²) in [6, 6.07) is 4.61. The molecule has 0 nitrogen and oxygen atoms in total. The first kappa shape index (κ1) is 17.4. The molecule has 0 atom stereocenters. The summed E-state index contributed by atoms with van der Waals surface area (Å²) in [5, 5.41) is 0. The number of hydrogen-bond acceptors (Lipinski definition) is 1. The maximum absolute atomic E-state index is 13.6. The third-order valence-electron chi connectivity index (χ3n) is 3.28. The Hall–Kier alpha value is -0.640. The monoisotopic (exact) mass is 304 g/mol. The molecule has 0 aliphatic heterocycles. The van der Waals surface area contributed by atoms with E-state index in [1.807, 2.05) is 0 Å². The van der Waals surface area contributed by atoms with Gasteiger partial charge in [-0.2, -0.15) is 8.78 Å². The normalized spacial score (nSPS) is 11.2. The van der Waals surface area contributed by atoms with Gasteiger partial charge in [-0.05, 0) is 30.5 Å². The van der Waals surface area contributed by atoms with Gasteiger partial charge in [0.25, 0.3) is 5.76 Å². The molecule has 0 amide bonds. The quantitative estimate of drug-likeness (QED) is 0.354. The summed E-state index contributed by atoms with van der Waals surface area (Å²) < 4.78 is 37.9. The lowest BCUT2D eigenvalue weighted by atomic mass is 10.0. The molecule has 0 aromatic heterocycles. The van der Waals surface area contributed by atoms with Gasteiger partial charge < -0.3 is 0 Å². The van der Waals surface area contributed by atoms with Crippen molar-refractivity contribution in [1.29, 1.82) is 0 Å². The van der Waals surface area contributed by atoms with Gasteiger partial charge in [0.1, 0.15) is 5.82 Å². The first-order valence-corrected chi connectivity index (χ1v) is 8.24. The molecular formula is C16H23F3S. The van der Waals surface area contributed by atoms with Gasteiger partial charge in [0.05, 0.1) is 0 Å². The number of benzene rings is 1. The molecule has 4 heteroatoms. The third-order valence-corrected chi connectivity index (χ3v) is 4.04. The smallest absolute Gasteiger partial charge is 0.206 e. The predicted octanol–water partition coefficient (Wildman–Crippen LogP) is 6.43. The minimum absolute atomic E-state index is 0.0308. The molecule has 0 N–H and O–H groups in total. The Morgan fingerprint density at radius 3 is 2.25 bits per heavy atom. The van der Waals surface area contributed by atoms with E-state index in [1.54, 1.807) is 6.07 Å². The predicted molar refractivity (Wildman–Crippen MR) is 80.0 cm³/mol. The molecule has 1 rings (SSSR count). The lowest BCUT2D eigenvalue weighted by Crippen LogP contribution is -1.91. The van der Waals surface area contributed by atoms with E-state index in [0.717, 1.165) is 24.8 Å². The summed E-state index contributed by atoms with van der Waals surface area (Å²) in [5.74, 6) is -3.10. The van der Waals surface area contributed by atoms with Gasteiger partial charge in [0.15, 0.2) is 0 Å². The largest absolute Gasteiger partial charge is 0.289 e. The van der Waals surface area contributed by atoms with Gasteiger partial charge in [0, 0.05) is 4.90 Å². The van der Waals surface area contributed by atoms with E-state index >= 15 is 0 Å². The lowest BCUT2D eigenvalue weighted by Gasteiger charge is -2.06. The molecule has 0 aliphatic carbocycles. The van der Waals surface area contributed by atoms with Gasteiger partial charge in [-0.3, -0.25) is 0 Å². The van der Waals surface area contributed by atoms with Crippen LogP contribution in [0.15, 0.2) is 23.1 Å². The fourth-order valence-corrected chi connectivity index (χ4v) is 2.69. The summed E-state index contributed by atoms with van der Waals surface area (Å²) in [6.07, 6.45) is 9.35. The Balaban J connectivity index is 2.25. The van der Waals surface area contributed by atoms with E-state index in [1.165, 1.54) is 44.2 Å². The molecule has 0 saturated heterocycles. The average Bonchev–Trinajstić information content (AvgIpc) is 2.40. The van der Waals surface area contributed by atoms with E-state index in [2.05, 4.69) is 6.92 Å². The minimum Gasteiger partial charge on any atom is -0.206 e. The van der Waals surface area contributed by atoms with Crippen molar-refractivity contribution in [2.45, 2.75) is 68.9 Å². The second-order valence-corrected chi connectivity index (χ2v) is 6.05. The highest BCUT2D eigenvalue weighted by molar-refractivity contribution is 7.99. The maximum Gasteiger partial charge on any atom is 0.289 e. The van der Waals surface area contributed by atoms with E-state index in [9.17, 15) is 13.2 Å². The molecule has 20 heavy (non-hydrogen) atoms. The molecule has 0 bridgehead atoms. The highest BCUT2D eigenvalue weighted by atomic mass is 32.2. The Morgan fingerprint density at radius 2 is 1.65 bits per heavy atom. The number of halogens is 3. The molecule has 114 valence electrons. The molecule has 0 fully saturated rings. The van der Waals surface area contributed by atoms with Gasteiger partial charge in [0.2, 0.25) is 0 Å². The summed E-state index contributed by atoms with van der Waals surface area (Å²) in [4.78, 5) is 0.0308. The van der Waals surface area contributed by atoms with Gasteiger partial charge >= 0.3 is 0 Å². The van der Waals surface area contributed by atoms with Gasteiger partial charge in [-0.25, -0.2) is 4.39 Å². The number of thioether (sulfide) groups is 1. The van der Waals surface area contributed by atoms with Crippen LogP contribution in [-0.2, 0) is 6.42 Å². The number of rotatable bonds is 10. The Labute approximate surface area is 124 Å².